The van der Waals surface area contributed by atoms with Crippen LogP contribution in [0.4, 0.5) is 5.69 Å². The van der Waals surface area contributed by atoms with Gasteiger partial charge in [0.05, 0.1) is 5.75 Å². The van der Waals surface area contributed by atoms with Gasteiger partial charge in [-0.1, -0.05) is 43.8 Å². The molecule has 0 spiro atoms. The van der Waals surface area contributed by atoms with Gasteiger partial charge in [-0.3, -0.25) is 4.79 Å². The summed E-state index contributed by atoms with van der Waals surface area (Å²) in [6.07, 6.45) is 1.04. The largest absolute Gasteiger partial charge is 0.325 e. The van der Waals surface area contributed by atoms with Crippen LogP contribution in [0.25, 0.3) is 0 Å². The first-order valence-corrected chi connectivity index (χ1v) is 9.24. The standard InChI is InChI=1S/C19H25N3OS/c1-6-12(2)16-9-7-8-10-17(16)22-18(23)11-24-19-20-14(4)13(3)15(5)21-19/h7-10,12H,6,11H2,1-5H3,(H,22,23)/t12-/m1/s1. The maximum absolute atomic E-state index is 12.3. The van der Waals surface area contributed by atoms with Crippen molar-refractivity contribution < 1.29 is 4.79 Å². The van der Waals surface area contributed by atoms with Gasteiger partial charge >= 0.3 is 0 Å². The molecule has 0 unspecified atom stereocenters. The highest BCUT2D eigenvalue weighted by Crippen LogP contribution is 2.27. The normalized spacial score (nSPS) is 12.0. The maximum atomic E-state index is 12.3. The number of nitrogens with zero attached hydrogens (tertiary/aromatic N) is 2. The van der Waals surface area contributed by atoms with E-state index >= 15 is 0 Å². The summed E-state index contributed by atoms with van der Waals surface area (Å²) < 4.78 is 0. The zero-order valence-corrected chi connectivity index (χ0v) is 15.8. The highest BCUT2D eigenvalue weighted by molar-refractivity contribution is 7.99. The number of aryl methyl sites for hydroxylation is 2. The number of nitrogens with one attached hydrogen (secondary N) is 1. The number of carbonyl (C=O) groups is 1. The number of aromatic nitrogens is 2. The number of thioether (sulfide) groups is 1. The molecule has 0 aliphatic carbocycles. The lowest BCUT2D eigenvalue weighted by atomic mass is 9.97. The SMILES string of the molecule is CC[C@@H](C)c1ccccc1NC(=O)CSc1nc(C)c(C)c(C)n1. The van der Waals surface area contributed by atoms with Crippen LogP contribution in [0.5, 0.6) is 0 Å². The van der Waals surface area contributed by atoms with Crippen molar-refractivity contribution in [1.82, 2.24) is 9.97 Å². The molecule has 1 aromatic carbocycles. The van der Waals surface area contributed by atoms with Crippen molar-refractivity contribution in [1.29, 1.82) is 0 Å². The average Bonchev–Trinajstić information content (AvgIpc) is 2.57. The van der Waals surface area contributed by atoms with Gasteiger partial charge in [-0.2, -0.15) is 0 Å². The van der Waals surface area contributed by atoms with Gasteiger partial charge in [0.25, 0.3) is 0 Å². The lowest BCUT2D eigenvalue weighted by Gasteiger charge is -2.15. The Morgan fingerprint density at radius 2 is 1.79 bits per heavy atom. The molecule has 1 aromatic heterocycles. The van der Waals surface area contributed by atoms with E-state index in [1.807, 2.05) is 39.0 Å². The van der Waals surface area contributed by atoms with E-state index in [0.717, 1.165) is 29.1 Å². The summed E-state index contributed by atoms with van der Waals surface area (Å²) in [4.78, 5) is 21.2. The van der Waals surface area contributed by atoms with E-state index in [-0.39, 0.29) is 5.91 Å². The van der Waals surface area contributed by atoms with Crippen molar-refractivity contribution in [2.24, 2.45) is 0 Å². The number of para-hydroxylation sites is 1. The molecular formula is C19H25N3OS. The molecule has 5 heteroatoms. The van der Waals surface area contributed by atoms with Gasteiger partial charge in [0, 0.05) is 17.1 Å². The molecule has 2 rings (SSSR count). The summed E-state index contributed by atoms with van der Waals surface area (Å²) in [6, 6.07) is 8.00. The molecule has 0 saturated carbocycles. The molecule has 4 nitrogen and oxygen atoms in total. The van der Waals surface area contributed by atoms with Crippen LogP contribution in [0.2, 0.25) is 0 Å². The number of anilines is 1. The second kappa shape index (κ2) is 8.29. The first kappa shape index (κ1) is 18.5. The topological polar surface area (TPSA) is 54.9 Å². The molecule has 1 N–H and O–H groups in total. The second-order valence-electron chi connectivity index (χ2n) is 6.04. The zero-order valence-electron chi connectivity index (χ0n) is 15.0. The number of rotatable bonds is 6. The Morgan fingerprint density at radius 3 is 2.42 bits per heavy atom. The first-order chi connectivity index (χ1) is 11.4. The van der Waals surface area contributed by atoms with Crippen molar-refractivity contribution >= 4 is 23.4 Å². The maximum Gasteiger partial charge on any atom is 0.234 e. The minimum atomic E-state index is -0.0322. The summed E-state index contributed by atoms with van der Waals surface area (Å²) in [5.74, 6) is 0.687. The fourth-order valence-electron chi connectivity index (χ4n) is 2.38. The highest BCUT2D eigenvalue weighted by Gasteiger charge is 2.12. The fourth-order valence-corrected chi connectivity index (χ4v) is 3.12. The third-order valence-electron chi connectivity index (χ3n) is 4.32. The van der Waals surface area contributed by atoms with Gasteiger partial charge in [-0.05, 0) is 50.3 Å². The Morgan fingerprint density at radius 1 is 1.17 bits per heavy atom. The van der Waals surface area contributed by atoms with Crippen molar-refractivity contribution in [3.05, 3.63) is 46.8 Å². The minimum absolute atomic E-state index is 0.0322. The van der Waals surface area contributed by atoms with Crippen LogP contribution in [0.1, 0.15) is 48.7 Å². The predicted molar refractivity (Wildman–Crippen MR) is 101 cm³/mol. The highest BCUT2D eigenvalue weighted by atomic mass is 32.2. The number of carbonyl (C=O) groups excluding carboxylic acids is 1. The van der Waals surface area contributed by atoms with Gasteiger partial charge in [0.2, 0.25) is 5.91 Å². The van der Waals surface area contributed by atoms with Crippen LogP contribution in [0, 0.1) is 20.8 Å². The Hall–Kier alpha value is -1.88. The average molecular weight is 343 g/mol. The summed E-state index contributed by atoms with van der Waals surface area (Å²) in [6.45, 7) is 10.3. The quantitative estimate of drug-likeness (QED) is 0.613. The van der Waals surface area contributed by atoms with Gasteiger partial charge in [0.1, 0.15) is 0 Å². The third-order valence-corrected chi connectivity index (χ3v) is 5.17. The van der Waals surface area contributed by atoms with Crippen LogP contribution in [0.15, 0.2) is 29.4 Å². The van der Waals surface area contributed by atoms with Gasteiger partial charge in [-0.15, -0.1) is 0 Å². The van der Waals surface area contributed by atoms with Crippen molar-refractivity contribution in [3.8, 4) is 0 Å². The Kier molecular flexibility index (Phi) is 6.37. The molecule has 1 heterocycles. The van der Waals surface area contributed by atoms with E-state index in [9.17, 15) is 4.79 Å². The molecule has 128 valence electrons. The third kappa shape index (κ3) is 4.57. The second-order valence-corrected chi connectivity index (χ2v) is 6.98. The van der Waals surface area contributed by atoms with Crippen molar-refractivity contribution in [2.45, 2.75) is 52.1 Å². The molecule has 0 radical (unpaired) electrons. The monoisotopic (exact) mass is 343 g/mol. The van der Waals surface area contributed by atoms with Crippen LogP contribution in [-0.2, 0) is 4.79 Å². The molecule has 2 aromatic rings. The van der Waals surface area contributed by atoms with E-state index < -0.39 is 0 Å². The molecule has 24 heavy (non-hydrogen) atoms. The molecule has 1 amide bonds. The van der Waals surface area contributed by atoms with Gasteiger partial charge in [-0.25, -0.2) is 9.97 Å². The Labute approximate surface area is 148 Å². The smallest absolute Gasteiger partial charge is 0.234 e. The summed E-state index contributed by atoms with van der Waals surface area (Å²) in [5.41, 5.74) is 5.11. The van der Waals surface area contributed by atoms with E-state index in [1.54, 1.807) is 0 Å². The summed E-state index contributed by atoms with van der Waals surface area (Å²) in [7, 11) is 0. The first-order valence-electron chi connectivity index (χ1n) is 8.25. The summed E-state index contributed by atoms with van der Waals surface area (Å²) in [5, 5.41) is 3.67. The predicted octanol–water partition coefficient (Wildman–Crippen LogP) is 4.65. The Bertz CT molecular complexity index is 707. The summed E-state index contributed by atoms with van der Waals surface area (Å²) >= 11 is 1.37. The van der Waals surface area contributed by atoms with Crippen LogP contribution >= 0.6 is 11.8 Å². The molecule has 0 bridgehead atoms. The molecular weight excluding hydrogens is 318 g/mol. The number of hydrogen-bond acceptors (Lipinski definition) is 4. The van der Waals surface area contributed by atoms with Crippen molar-refractivity contribution in [2.75, 3.05) is 11.1 Å². The van der Waals surface area contributed by atoms with Crippen LogP contribution < -0.4 is 5.32 Å². The molecule has 0 aliphatic heterocycles. The fraction of sp³-hybridized carbons (Fsp3) is 0.421. The van der Waals surface area contributed by atoms with E-state index in [2.05, 4.69) is 35.2 Å². The van der Waals surface area contributed by atoms with Gasteiger partial charge < -0.3 is 5.32 Å². The van der Waals surface area contributed by atoms with Crippen LogP contribution in [-0.4, -0.2) is 21.6 Å². The molecule has 0 aliphatic rings. The number of benzene rings is 1. The lowest BCUT2D eigenvalue weighted by Crippen LogP contribution is -2.16. The van der Waals surface area contributed by atoms with E-state index in [0.29, 0.717) is 16.8 Å². The zero-order chi connectivity index (χ0) is 17.7. The van der Waals surface area contributed by atoms with Crippen molar-refractivity contribution in [3.63, 3.8) is 0 Å². The number of amides is 1. The number of hydrogen-bond donors (Lipinski definition) is 1. The van der Waals surface area contributed by atoms with Gasteiger partial charge in [0.15, 0.2) is 5.16 Å². The molecule has 0 saturated heterocycles. The lowest BCUT2D eigenvalue weighted by molar-refractivity contribution is -0.113. The van der Waals surface area contributed by atoms with E-state index in [4.69, 9.17) is 0 Å². The van der Waals surface area contributed by atoms with Crippen LogP contribution in [0.3, 0.4) is 0 Å². The molecule has 1 atom stereocenters. The Balaban J connectivity index is 2.02. The minimum Gasteiger partial charge on any atom is -0.325 e. The molecule has 0 fully saturated rings. The van der Waals surface area contributed by atoms with E-state index in [1.165, 1.54) is 17.3 Å².